The Kier molecular flexibility index (Phi) is 4.66. The molecule has 5 nitrogen and oxygen atoms in total. The van der Waals surface area contributed by atoms with Gasteiger partial charge in [0, 0.05) is 0 Å². The van der Waals surface area contributed by atoms with Gasteiger partial charge in [0.2, 0.25) is 0 Å². The van der Waals surface area contributed by atoms with Crippen molar-refractivity contribution in [2.45, 2.75) is 0 Å². The third-order valence-corrected chi connectivity index (χ3v) is 3.78. The van der Waals surface area contributed by atoms with Crippen molar-refractivity contribution in [1.82, 2.24) is 0 Å². The molecule has 25 heavy (non-hydrogen) atoms. The summed E-state index contributed by atoms with van der Waals surface area (Å²) >= 11 is 0. The maximum absolute atomic E-state index is 12.4. The van der Waals surface area contributed by atoms with Crippen molar-refractivity contribution in [1.29, 1.82) is 0 Å². The Balaban J connectivity index is 1.98. The van der Waals surface area contributed by atoms with E-state index in [0.29, 0.717) is 11.3 Å². The van der Waals surface area contributed by atoms with Crippen LogP contribution in [-0.2, 0) is 4.74 Å². The zero-order valence-electron chi connectivity index (χ0n) is 13.8. The number of methoxy groups -OCH3 is 2. The van der Waals surface area contributed by atoms with Crippen molar-refractivity contribution < 1.29 is 23.8 Å². The topological polar surface area (TPSA) is 61.8 Å². The first-order valence-electron chi connectivity index (χ1n) is 7.59. The van der Waals surface area contributed by atoms with Gasteiger partial charge in [-0.05, 0) is 47.2 Å². The molecule has 0 aliphatic carbocycles. The van der Waals surface area contributed by atoms with Gasteiger partial charge in [0.05, 0.1) is 19.8 Å². The van der Waals surface area contributed by atoms with Crippen LogP contribution in [0.25, 0.3) is 10.8 Å². The van der Waals surface area contributed by atoms with Crippen LogP contribution in [0.3, 0.4) is 0 Å². The predicted octanol–water partition coefficient (Wildman–Crippen LogP) is 3.85. The Labute approximate surface area is 144 Å². The van der Waals surface area contributed by atoms with Gasteiger partial charge in [0.25, 0.3) is 0 Å². The highest BCUT2D eigenvalue weighted by Crippen LogP contribution is 2.27. The van der Waals surface area contributed by atoms with Crippen LogP contribution in [0.2, 0.25) is 0 Å². The number of rotatable bonds is 4. The van der Waals surface area contributed by atoms with Crippen LogP contribution in [0, 0.1) is 0 Å². The average Bonchev–Trinajstić information content (AvgIpc) is 2.66. The number of fused-ring (bicyclic) bond motifs is 1. The minimum atomic E-state index is -0.567. The van der Waals surface area contributed by atoms with Gasteiger partial charge >= 0.3 is 11.9 Å². The molecular formula is C20H16O5. The maximum Gasteiger partial charge on any atom is 0.343 e. The number of hydrogen-bond donors (Lipinski definition) is 0. The van der Waals surface area contributed by atoms with E-state index in [1.54, 1.807) is 43.5 Å². The summed E-state index contributed by atoms with van der Waals surface area (Å²) in [6.45, 7) is 0. The molecule has 0 unspecified atom stereocenters. The summed E-state index contributed by atoms with van der Waals surface area (Å²) in [5.41, 5.74) is 0.549. The van der Waals surface area contributed by atoms with Crippen molar-refractivity contribution in [3.63, 3.8) is 0 Å². The van der Waals surface area contributed by atoms with Gasteiger partial charge in [-0.3, -0.25) is 0 Å². The highest BCUT2D eigenvalue weighted by molar-refractivity contribution is 6.00. The van der Waals surface area contributed by atoms with E-state index in [1.165, 1.54) is 7.11 Å². The summed E-state index contributed by atoms with van der Waals surface area (Å²) < 4.78 is 15.3. The number of benzene rings is 3. The van der Waals surface area contributed by atoms with Crippen molar-refractivity contribution in [2.24, 2.45) is 0 Å². The van der Waals surface area contributed by atoms with Crippen LogP contribution in [0.5, 0.6) is 11.5 Å². The quantitative estimate of drug-likeness (QED) is 0.535. The molecule has 0 spiro atoms. The van der Waals surface area contributed by atoms with Gasteiger partial charge in [-0.1, -0.05) is 24.3 Å². The summed E-state index contributed by atoms with van der Waals surface area (Å²) in [6, 6.07) is 17.3. The van der Waals surface area contributed by atoms with Gasteiger partial charge in [0.15, 0.2) is 0 Å². The lowest BCUT2D eigenvalue weighted by molar-refractivity contribution is 0.0593. The zero-order chi connectivity index (χ0) is 17.8. The molecule has 0 saturated heterocycles. The predicted molar refractivity (Wildman–Crippen MR) is 93.2 cm³/mol. The molecule has 0 aliphatic rings. The fraction of sp³-hybridized carbons (Fsp3) is 0.100. The van der Waals surface area contributed by atoms with Crippen molar-refractivity contribution in [3.05, 3.63) is 71.8 Å². The summed E-state index contributed by atoms with van der Waals surface area (Å²) in [4.78, 5) is 24.4. The van der Waals surface area contributed by atoms with Crippen molar-refractivity contribution in [2.75, 3.05) is 14.2 Å². The first-order chi connectivity index (χ1) is 12.1. The second-order valence-electron chi connectivity index (χ2n) is 5.31. The van der Waals surface area contributed by atoms with Gasteiger partial charge in [0.1, 0.15) is 17.1 Å². The second kappa shape index (κ2) is 7.05. The van der Waals surface area contributed by atoms with Gasteiger partial charge < -0.3 is 14.2 Å². The van der Waals surface area contributed by atoms with Crippen LogP contribution in [-0.4, -0.2) is 26.2 Å². The van der Waals surface area contributed by atoms with E-state index in [1.807, 2.05) is 24.3 Å². The minimum absolute atomic E-state index is 0.159. The van der Waals surface area contributed by atoms with Crippen LogP contribution in [0.15, 0.2) is 60.7 Å². The lowest BCUT2D eigenvalue weighted by Crippen LogP contribution is -2.12. The lowest BCUT2D eigenvalue weighted by Gasteiger charge is -2.11. The highest BCUT2D eigenvalue weighted by atomic mass is 16.5. The SMILES string of the molecule is COC(=O)c1cc2ccccc2cc1OC(=O)c1ccc(OC)cc1. The van der Waals surface area contributed by atoms with Crippen LogP contribution < -0.4 is 9.47 Å². The first kappa shape index (κ1) is 16.5. The van der Waals surface area contributed by atoms with Crippen LogP contribution in [0.1, 0.15) is 20.7 Å². The molecule has 0 heterocycles. The van der Waals surface area contributed by atoms with Crippen molar-refractivity contribution in [3.8, 4) is 11.5 Å². The fourth-order valence-corrected chi connectivity index (χ4v) is 2.46. The summed E-state index contributed by atoms with van der Waals surface area (Å²) in [6.07, 6.45) is 0. The molecule has 0 saturated carbocycles. The van der Waals surface area contributed by atoms with Gasteiger partial charge in [-0.2, -0.15) is 0 Å². The molecule has 0 atom stereocenters. The Morgan fingerprint density at radius 3 is 2.04 bits per heavy atom. The Morgan fingerprint density at radius 1 is 0.800 bits per heavy atom. The minimum Gasteiger partial charge on any atom is -0.497 e. The molecular weight excluding hydrogens is 320 g/mol. The average molecular weight is 336 g/mol. The highest BCUT2D eigenvalue weighted by Gasteiger charge is 2.18. The number of hydrogen-bond acceptors (Lipinski definition) is 5. The molecule has 3 aromatic rings. The Hall–Kier alpha value is -3.34. The van der Waals surface area contributed by atoms with Gasteiger partial charge in [-0.15, -0.1) is 0 Å². The van der Waals surface area contributed by atoms with E-state index in [2.05, 4.69) is 0 Å². The van der Waals surface area contributed by atoms with E-state index in [0.717, 1.165) is 10.8 Å². The van der Waals surface area contributed by atoms with E-state index in [-0.39, 0.29) is 11.3 Å². The third-order valence-electron chi connectivity index (χ3n) is 3.78. The molecule has 0 amide bonds. The maximum atomic E-state index is 12.4. The van der Waals surface area contributed by atoms with E-state index < -0.39 is 11.9 Å². The first-order valence-corrected chi connectivity index (χ1v) is 7.59. The third kappa shape index (κ3) is 3.45. The molecule has 0 fully saturated rings. The molecule has 0 bridgehead atoms. The van der Waals surface area contributed by atoms with Gasteiger partial charge in [-0.25, -0.2) is 9.59 Å². The Morgan fingerprint density at radius 2 is 1.44 bits per heavy atom. The zero-order valence-corrected chi connectivity index (χ0v) is 13.8. The monoisotopic (exact) mass is 336 g/mol. The van der Waals surface area contributed by atoms with Crippen LogP contribution in [0.4, 0.5) is 0 Å². The fourth-order valence-electron chi connectivity index (χ4n) is 2.46. The molecule has 126 valence electrons. The lowest BCUT2D eigenvalue weighted by atomic mass is 10.1. The number of esters is 2. The number of carbonyl (C=O) groups is 2. The standard InChI is InChI=1S/C20H16O5/c1-23-16-9-7-13(8-10-16)19(21)25-18-12-15-6-4-3-5-14(15)11-17(18)20(22)24-2/h3-12H,1-2H3. The number of carbonyl (C=O) groups excluding carboxylic acids is 2. The van der Waals surface area contributed by atoms with E-state index >= 15 is 0 Å². The molecule has 5 heteroatoms. The molecule has 3 rings (SSSR count). The molecule has 0 aliphatic heterocycles. The molecule has 0 N–H and O–H groups in total. The van der Waals surface area contributed by atoms with Crippen LogP contribution >= 0.6 is 0 Å². The second-order valence-corrected chi connectivity index (χ2v) is 5.31. The van der Waals surface area contributed by atoms with E-state index in [4.69, 9.17) is 14.2 Å². The normalized spacial score (nSPS) is 10.3. The molecule has 0 radical (unpaired) electrons. The smallest absolute Gasteiger partial charge is 0.343 e. The summed E-state index contributed by atoms with van der Waals surface area (Å²) in [5, 5.41) is 1.71. The number of ether oxygens (including phenoxy) is 3. The molecule has 3 aromatic carbocycles. The summed E-state index contributed by atoms with van der Waals surface area (Å²) in [5.74, 6) is -0.338. The molecule has 0 aromatic heterocycles. The van der Waals surface area contributed by atoms with E-state index in [9.17, 15) is 9.59 Å². The summed E-state index contributed by atoms with van der Waals surface area (Å²) in [7, 11) is 2.83. The van der Waals surface area contributed by atoms with Crippen molar-refractivity contribution >= 4 is 22.7 Å². The largest absolute Gasteiger partial charge is 0.497 e. The Bertz CT molecular complexity index is 928.